The number of aromatic amines is 3. The largest absolute Gasteiger partial charge is 0.361 e. The number of hydrogen-bond acceptors (Lipinski definition) is 3. The molecule has 4 aromatic heterocycles. The fourth-order valence-corrected chi connectivity index (χ4v) is 3.95. The number of rotatable bonds is 4. The van der Waals surface area contributed by atoms with Crippen LogP contribution in [0.3, 0.4) is 0 Å². The number of nitrogens with one attached hydrogen (secondary N) is 4. The summed E-state index contributed by atoms with van der Waals surface area (Å²) < 4.78 is 0. The average Bonchev–Trinajstić information content (AvgIpc) is 3.58. The Kier molecular flexibility index (Phi) is 4.11. The van der Waals surface area contributed by atoms with Crippen LogP contribution < -0.4 is 5.32 Å². The number of aromatic nitrogens is 5. The van der Waals surface area contributed by atoms with Crippen LogP contribution in [0.25, 0.3) is 44.2 Å². The molecule has 1 amide bonds. The van der Waals surface area contributed by atoms with Gasteiger partial charge in [-0.3, -0.25) is 9.89 Å². The predicted molar refractivity (Wildman–Crippen MR) is 125 cm³/mol. The quantitative estimate of drug-likeness (QED) is 0.310. The molecule has 4 N–H and O–H groups in total. The minimum absolute atomic E-state index is 0.145. The van der Waals surface area contributed by atoms with Crippen LogP contribution >= 0.6 is 0 Å². The Hall–Kier alpha value is -4.65. The highest BCUT2D eigenvalue weighted by atomic mass is 16.1. The molecule has 0 bridgehead atoms. The number of hydrogen-bond donors (Lipinski definition) is 4. The molecule has 0 atom stereocenters. The molecule has 0 aliphatic heterocycles. The summed E-state index contributed by atoms with van der Waals surface area (Å²) in [5.41, 5.74) is 7.23. The summed E-state index contributed by atoms with van der Waals surface area (Å²) in [4.78, 5) is 23.6. The Bertz CT molecular complexity index is 1560. The molecule has 7 heteroatoms. The second kappa shape index (κ2) is 7.24. The predicted octanol–water partition coefficient (Wildman–Crippen LogP) is 5.35. The molecule has 4 heterocycles. The van der Waals surface area contributed by atoms with Gasteiger partial charge in [-0.15, -0.1) is 0 Å². The smallest absolute Gasteiger partial charge is 0.255 e. The highest BCUT2D eigenvalue weighted by molar-refractivity contribution is 6.05. The summed E-state index contributed by atoms with van der Waals surface area (Å²) in [5, 5.41) is 11.9. The van der Waals surface area contributed by atoms with Crippen molar-refractivity contribution in [3.05, 3.63) is 91.1 Å². The standard InChI is InChI=1S/C25H18N6O/c32-25(31-20-5-6-23-17(9-20)7-8-26-23)16-3-1-15(2-4-16)18-10-21-22(19-12-29-30-13-19)14-28-24(21)27-11-18/h1-14,26H,(H,27,28)(H,29,30)(H,31,32). The molecule has 0 fully saturated rings. The van der Waals surface area contributed by atoms with Crippen LogP contribution in [0.15, 0.2) is 85.6 Å². The molecule has 7 nitrogen and oxygen atoms in total. The number of nitrogens with zero attached hydrogens (tertiary/aromatic N) is 2. The SMILES string of the molecule is O=C(Nc1ccc2[nH]ccc2c1)c1ccc(-c2cnc3[nH]cc(-c4cn[nH]c4)c3c2)cc1. The van der Waals surface area contributed by atoms with Gasteiger partial charge in [0.15, 0.2) is 0 Å². The van der Waals surface area contributed by atoms with Crippen molar-refractivity contribution in [2.45, 2.75) is 0 Å². The van der Waals surface area contributed by atoms with Gasteiger partial charge in [-0.1, -0.05) is 12.1 Å². The second-order valence-corrected chi connectivity index (χ2v) is 7.62. The first-order chi connectivity index (χ1) is 15.7. The molecule has 0 aliphatic carbocycles. The van der Waals surface area contributed by atoms with Crippen molar-refractivity contribution in [3.63, 3.8) is 0 Å². The topological polar surface area (TPSA) is 102 Å². The third kappa shape index (κ3) is 3.13. The number of fused-ring (bicyclic) bond motifs is 2. The zero-order valence-corrected chi connectivity index (χ0v) is 16.9. The maximum atomic E-state index is 12.7. The molecule has 0 radical (unpaired) electrons. The summed E-state index contributed by atoms with van der Waals surface area (Å²) in [6.45, 7) is 0. The molecule has 0 aliphatic rings. The molecule has 0 saturated carbocycles. The van der Waals surface area contributed by atoms with Gasteiger partial charge < -0.3 is 15.3 Å². The van der Waals surface area contributed by atoms with E-state index in [4.69, 9.17) is 0 Å². The molecule has 2 aromatic carbocycles. The Morgan fingerprint density at radius 1 is 0.844 bits per heavy atom. The summed E-state index contributed by atoms with van der Waals surface area (Å²) in [6.07, 6.45) is 9.30. The molecule has 154 valence electrons. The first-order valence-corrected chi connectivity index (χ1v) is 10.2. The van der Waals surface area contributed by atoms with Gasteiger partial charge in [-0.2, -0.15) is 5.10 Å². The lowest BCUT2D eigenvalue weighted by Gasteiger charge is -2.07. The molecular formula is C25H18N6O. The van der Waals surface area contributed by atoms with Crippen LogP contribution in [0.4, 0.5) is 5.69 Å². The second-order valence-electron chi connectivity index (χ2n) is 7.62. The lowest BCUT2D eigenvalue weighted by Crippen LogP contribution is -2.11. The van der Waals surface area contributed by atoms with E-state index in [0.29, 0.717) is 5.56 Å². The van der Waals surface area contributed by atoms with Gasteiger partial charge >= 0.3 is 0 Å². The van der Waals surface area contributed by atoms with E-state index in [-0.39, 0.29) is 5.91 Å². The molecule has 6 rings (SSSR count). The van der Waals surface area contributed by atoms with E-state index in [1.807, 2.05) is 73.3 Å². The van der Waals surface area contributed by atoms with E-state index in [1.54, 1.807) is 6.20 Å². The Morgan fingerprint density at radius 3 is 2.59 bits per heavy atom. The maximum Gasteiger partial charge on any atom is 0.255 e. The van der Waals surface area contributed by atoms with Crippen molar-refractivity contribution in [3.8, 4) is 22.3 Å². The average molecular weight is 418 g/mol. The van der Waals surface area contributed by atoms with E-state index in [9.17, 15) is 4.79 Å². The number of anilines is 1. The van der Waals surface area contributed by atoms with Gasteiger partial charge in [0.25, 0.3) is 5.91 Å². The van der Waals surface area contributed by atoms with E-state index in [2.05, 4.69) is 36.5 Å². The fraction of sp³-hybridized carbons (Fsp3) is 0. The number of benzene rings is 2. The third-order valence-corrected chi connectivity index (χ3v) is 5.63. The van der Waals surface area contributed by atoms with Gasteiger partial charge in [0.2, 0.25) is 0 Å². The minimum Gasteiger partial charge on any atom is -0.361 e. The first kappa shape index (κ1) is 18.1. The molecule has 0 saturated heterocycles. The van der Waals surface area contributed by atoms with E-state index >= 15 is 0 Å². The minimum atomic E-state index is -0.145. The Labute approximate surface area is 182 Å². The number of pyridine rings is 1. The van der Waals surface area contributed by atoms with Crippen molar-refractivity contribution in [1.29, 1.82) is 0 Å². The highest BCUT2D eigenvalue weighted by Gasteiger charge is 2.11. The Balaban J connectivity index is 1.26. The molecule has 32 heavy (non-hydrogen) atoms. The van der Waals surface area contributed by atoms with Crippen molar-refractivity contribution in [2.24, 2.45) is 0 Å². The van der Waals surface area contributed by atoms with Crippen LogP contribution in [0.2, 0.25) is 0 Å². The maximum absolute atomic E-state index is 12.7. The number of carbonyl (C=O) groups excluding carboxylic acids is 1. The number of carbonyl (C=O) groups is 1. The summed E-state index contributed by atoms with van der Waals surface area (Å²) in [6, 6.07) is 17.4. The molecule has 6 aromatic rings. The molecular weight excluding hydrogens is 400 g/mol. The molecule has 0 unspecified atom stereocenters. The van der Waals surface area contributed by atoms with Crippen LogP contribution in [-0.4, -0.2) is 31.1 Å². The van der Waals surface area contributed by atoms with Crippen molar-refractivity contribution in [1.82, 2.24) is 25.1 Å². The van der Waals surface area contributed by atoms with E-state index in [1.165, 1.54) is 0 Å². The van der Waals surface area contributed by atoms with E-state index in [0.717, 1.165) is 49.9 Å². The van der Waals surface area contributed by atoms with Gasteiger partial charge in [-0.25, -0.2) is 4.98 Å². The van der Waals surface area contributed by atoms with Crippen molar-refractivity contribution >= 4 is 33.5 Å². The zero-order chi connectivity index (χ0) is 21.5. The van der Waals surface area contributed by atoms with Crippen LogP contribution in [0.5, 0.6) is 0 Å². The fourth-order valence-electron chi connectivity index (χ4n) is 3.95. The van der Waals surface area contributed by atoms with Crippen LogP contribution in [0, 0.1) is 0 Å². The van der Waals surface area contributed by atoms with Gasteiger partial charge in [0.1, 0.15) is 5.65 Å². The van der Waals surface area contributed by atoms with Gasteiger partial charge in [0, 0.05) is 69.0 Å². The van der Waals surface area contributed by atoms with Gasteiger partial charge in [-0.05, 0) is 48.0 Å². The van der Waals surface area contributed by atoms with Crippen molar-refractivity contribution in [2.75, 3.05) is 5.32 Å². The third-order valence-electron chi connectivity index (χ3n) is 5.63. The zero-order valence-electron chi connectivity index (χ0n) is 16.9. The molecule has 0 spiro atoms. The van der Waals surface area contributed by atoms with Crippen molar-refractivity contribution < 1.29 is 4.79 Å². The number of amides is 1. The first-order valence-electron chi connectivity index (χ1n) is 10.2. The normalized spacial score (nSPS) is 11.2. The lowest BCUT2D eigenvalue weighted by atomic mass is 10.0. The monoisotopic (exact) mass is 418 g/mol. The summed E-state index contributed by atoms with van der Waals surface area (Å²) in [5.74, 6) is -0.145. The van der Waals surface area contributed by atoms with Crippen LogP contribution in [-0.2, 0) is 0 Å². The Morgan fingerprint density at radius 2 is 1.75 bits per heavy atom. The van der Waals surface area contributed by atoms with E-state index < -0.39 is 0 Å². The summed E-state index contributed by atoms with van der Waals surface area (Å²) in [7, 11) is 0. The lowest BCUT2D eigenvalue weighted by molar-refractivity contribution is 0.102. The highest BCUT2D eigenvalue weighted by Crippen LogP contribution is 2.30. The summed E-state index contributed by atoms with van der Waals surface area (Å²) >= 11 is 0. The number of H-pyrrole nitrogens is 3. The van der Waals surface area contributed by atoms with Gasteiger partial charge in [0.05, 0.1) is 6.20 Å². The van der Waals surface area contributed by atoms with Crippen LogP contribution in [0.1, 0.15) is 10.4 Å².